The largest absolute Gasteiger partial charge is 0.496 e. The van der Waals surface area contributed by atoms with Crippen molar-refractivity contribution in [2.45, 2.75) is 32.7 Å². The van der Waals surface area contributed by atoms with E-state index in [9.17, 15) is 0 Å². The van der Waals surface area contributed by atoms with Crippen molar-refractivity contribution < 1.29 is 4.74 Å². The second-order valence-electron chi connectivity index (χ2n) is 5.02. The van der Waals surface area contributed by atoms with Gasteiger partial charge in [-0.15, -0.1) is 0 Å². The first-order valence-corrected chi connectivity index (χ1v) is 6.04. The molecule has 1 aromatic carbocycles. The van der Waals surface area contributed by atoms with Crippen LogP contribution in [0.4, 0.5) is 0 Å². The molecule has 16 heavy (non-hydrogen) atoms. The van der Waals surface area contributed by atoms with E-state index in [4.69, 9.17) is 4.74 Å². The summed E-state index contributed by atoms with van der Waals surface area (Å²) in [6, 6.07) is 7.09. The molecule has 0 aliphatic carbocycles. The average molecular weight is 219 g/mol. The van der Waals surface area contributed by atoms with Gasteiger partial charge in [0.15, 0.2) is 0 Å². The highest BCUT2D eigenvalue weighted by atomic mass is 16.5. The highest BCUT2D eigenvalue weighted by Gasteiger charge is 2.28. The smallest absolute Gasteiger partial charge is 0.122 e. The Morgan fingerprint density at radius 2 is 2.12 bits per heavy atom. The minimum atomic E-state index is 0.505. The molecule has 2 unspecified atom stereocenters. The van der Waals surface area contributed by atoms with Gasteiger partial charge in [0, 0.05) is 12.6 Å². The molecular formula is C14H21NO. The van der Waals surface area contributed by atoms with E-state index in [1.54, 1.807) is 7.11 Å². The predicted molar refractivity (Wildman–Crippen MR) is 67.0 cm³/mol. The van der Waals surface area contributed by atoms with Gasteiger partial charge in [-0.25, -0.2) is 0 Å². The average Bonchev–Trinajstić information content (AvgIpc) is 2.27. The molecule has 2 heteroatoms. The summed E-state index contributed by atoms with van der Waals surface area (Å²) in [6.07, 6.45) is 0. The lowest BCUT2D eigenvalue weighted by molar-refractivity contribution is 0.258. The second kappa shape index (κ2) is 4.46. The Hall–Kier alpha value is -1.02. The third-order valence-corrected chi connectivity index (χ3v) is 3.46. The van der Waals surface area contributed by atoms with E-state index >= 15 is 0 Å². The van der Waals surface area contributed by atoms with E-state index in [1.807, 2.05) is 0 Å². The standard InChI is InChI=1S/C14H21NO/c1-9(2)12-7-11(5-6-13(12)16-4)14-10(3)8-15-14/h5-7,9-10,14-15H,8H2,1-4H3. The van der Waals surface area contributed by atoms with Gasteiger partial charge in [0.2, 0.25) is 0 Å². The van der Waals surface area contributed by atoms with Crippen LogP contribution in [-0.2, 0) is 0 Å². The first-order chi connectivity index (χ1) is 7.63. The van der Waals surface area contributed by atoms with Crippen LogP contribution >= 0.6 is 0 Å². The fourth-order valence-corrected chi connectivity index (χ4v) is 2.32. The molecule has 88 valence electrons. The van der Waals surface area contributed by atoms with E-state index in [-0.39, 0.29) is 0 Å². The van der Waals surface area contributed by atoms with Gasteiger partial charge in [-0.05, 0) is 29.0 Å². The summed E-state index contributed by atoms with van der Waals surface area (Å²) in [5, 5.41) is 3.47. The van der Waals surface area contributed by atoms with E-state index in [2.05, 4.69) is 44.3 Å². The van der Waals surface area contributed by atoms with Crippen LogP contribution < -0.4 is 10.1 Å². The molecule has 0 aromatic heterocycles. The van der Waals surface area contributed by atoms with Gasteiger partial charge in [-0.1, -0.05) is 32.9 Å². The molecule has 2 nitrogen and oxygen atoms in total. The summed E-state index contributed by atoms with van der Waals surface area (Å²) < 4.78 is 5.40. The Bertz CT molecular complexity index is 373. The molecule has 2 atom stereocenters. The topological polar surface area (TPSA) is 21.3 Å². The van der Waals surface area contributed by atoms with E-state index in [0.29, 0.717) is 12.0 Å². The van der Waals surface area contributed by atoms with Crippen LogP contribution in [0, 0.1) is 5.92 Å². The van der Waals surface area contributed by atoms with Crippen LogP contribution in [0.1, 0.15) is 43.9 Å². The van der Waals surface area contributed by atoms with Gasteiger partial charge in [0.25, 0.3) is 0 Å². The minimum absolute atomic E-state index is 0.505. The van der Waals surface area contributed by atoms with Gasteiger partial charge in [0.05, 0.1) is 7.11 Å². The Balaban J connectivity index is 2.31. The van der Waals surface area contributed by atoms with Crippen LogP contribution in [0.3, 0.4) is 0 Å². The molecule has 1 heterocycles. The first-order valence-electron chi connectivity index (χ1n) is 6.04. The summed E-state index contributed by atoms with van der Waals surface area (Å²) in [4.78, 5) is 0. The summed E-state index contributed by atoms with van der Waals surface area (Å²) in [6.45, 7) is 7.84. The van der Waals surface area contributed by atoms with Gasteiger partial charge in [-0.3, -0.25) is 0 Å². The van der Waals surface area contributed by atoms with Crippen molar-refractivity contribution in [2.75, 3.05) is 13.7 Å². The summed E-state index contributed by atoms with van der Waals surface area (Å²) in [5.41, 5.74) is 2.70. The molecule has 0 radical (unpaired) electrons. The van der Waals surface area contributed by atoms with Gasteiger partial charge in [-0.2, -0.15) is 0 Å². The van der Waals surface area contributed by atoms with Crippen molar-refractivity contribution in [2.24, 2.45) is 5.92 Å². The van der Waals surface area contributed by atoms with Crippen molar-refractivity contribution in [1.29, 1.82) is 0 Å². The molecule has 1 aliphatic heterocycles. The number of hydrogen-bond donors (Lipinski definition) is 1. The van der Waals surface area contributed by atoms with Crippen molar-refractivity contribution >= 4 is 0 Å². The van der Waals surface area contributed by atoms with Crippen LogP contribution in [0.2, 0.25) is 0 Å². The molecule has 1 aromatic rings. The normalized spacial score (nSPS) is 24.3. The number of ether oxygens (including phenoxy) is 1. The van der Waals surface area contributed by atoms with Gasteiger partial charge < -0.3 is 10.1 Å². The highest BCUT2D eigenvalue weighted by molar-refractivity contribution is 5.41. The number of nitrogens with one attached hydrogen (secondary N) is 1. The first kappa shape index (κ1) is 11.5. The number of hydrogen-bond acceptors (Lipinski definition) is 2. The van der Waals surface area contributed by atoms with E-state index in [0.717, 1.165) is 18.2 Å². The zero-order chi connectivity index (χ0) is 11.7. The lowest BCUT2D eigenvalue weighted by atomic mass is 9.86. The van der Waals surface area contributed by atoms with Crippen molar-refractivity contribution in [3.8, 4) is 5.75 Å². The minimum Gasteiger partial charge on any atom is -0.496 e. The fourth-order valence-electron chi connectivity index (χ4n) is 2.32. The highest BCUT2D eigenvalue weighted by Crippen LogP contribution is 2.34. The monoisotopic (exact) mass is 219 g/mol. The maximum absolute atomic E-state index is 5.40. The van der Waals surface area contributed by atoms with E-state index < -0.39 is 0 Å². The van der Waals surface area contributed by atoms with Gasteiger partial charge >= 0.3 is 0 Å². The third kappa shape index (κ3) is 1.94. The quantitative estimate of drug-likeness (QED) is 0.843. The molecule has 1 aliphatic rings. The number of benzene rings is 1. The molecule has 1 saturated heterocycles. The lowest BCUT2D eigenvalue weighted by Gasteiger charge is -2.36. The maximum atomic E-state index is 5.40. The predicted octanol–water partition coefficient (Wildman–Crippen LogP) is 3.10. The SMILES string of the molecule is COc1ccc(C2NCC2C)cc1C(C)C. The Kier molecular flexibility index (Phi) is 3.20. The third-order valence-electron chi connectivity index (χ3n) is 3.46. The molecule has 2 rings (SSSR count). The van der Waals surface area contributed by atoms with Crippen LogP contribution in [-0.4, -0.2) is 13.7 Å². The summed E-state index contributed by atoms with van der Waals surface area (Å²) in [5.74, 6) is 2.25. The zero-order valence-electron chi connectivity index (χ0n) is 10.6. The molecule has 0 spiro atoms. The zero-order valence-corrected chi connectivity index (χ0v) is 10.6. The molecular weight excluding hydrogens is 198 g/mol. The maximum Gasteiger partial charge on any atom is 0.122 e. The Morgan fingerprint density at radius 1 is 1.38 bits per heavy atom. The van der Waals surface area contributed by atoms with Crippen molar-refractivity contribution in [3.63, 3.8) is 0 Å². The lowest BCUT2D eigenvalue weighted by Crippen LogP contribution is -2.43. The van der Waals surface area contributed by atoms with E-state index in [1.165, 1.54) is 11.1 Å². The number of rotatable bonds is 3. The molecule has 0 amide bonds. The summed E-state index contributed by atoms with van der Waals surface area (Å²) in [7, 11) is 1.74. The molecule has 0 saturated carbocycles. The van der Waals surface area contributed by atoms with Gasteiger partial charge in [0.1, 0.15) is 5.75 Å². The fraction of sp³-hybridized carbons (Fsp3) is 0.571. The van der Waals surface area contributed by atoms with Crippen LogP contribution in [0.15, 0.2) is 18.2 Å². The Labute approximate surface area is 98.0 Å². The second-order valence-corrected chi connectivity index (χ2v) is 5.02. The number of methoxy groups -OCH3 is 1. The molecule has 0 bridgehead atoms. The van der Waals surface area contributed by atoms with Crippen LogP contribution in [0.25, 0.3) is 0 Å². The summed E-state index contributed by atoms with van der Waals surface area (Å²) >= 11 is 0. The molecule has 1 N–H and O–H groups in total. The van der Waals surface area contributed by atoms with Crippen molar-refractivity contribution in [3.05, 3.63) is 29.3 Å². The van der Waals surface area contributed by atoms with Crippen LogP contribution in [0.5, 0.6) is 5.75 Å². The molecule has 1 fully saturated rings. The van der Waals surface area contributed by atoms with Crippen molar-refractivity contribution in [1.82, 2.24) is 5.32 Å². The Morgan fingerprint density at radius 3 is 2.56 bits per heavy atom.